The number of imidazole rings is 1. The van der Waals surface area contributed by atoms with Crippen LogP contribution in [0.5, 0.6) is 0 Å². The Morgan fingerprint density at radius 3 is 2.87 bits per heavy atom. The van der Waals surface area contributed by atoms with Crippen molar-refractivity contribution in [1.29, 1.82) is 0 Å². The van der Waals surface area contributed by atoms with E-state index in [1.165, 1.54) is 6.92 Å². The van der Waals surface area contributed by atoms with Gasteiger partial charge in [-0.3, -0.25) is 4.79 Å². The molecule has 0 saturated heterocycles. The zero-order chi connectivity index (χ0) is 10.7. The normalized spacial score (nSPS) is 9.93. The van der Waals surface area contributed by atoms with E-state index in [4.69, 9.17) is 0 Å². The van der Waals surface area contributed by atoms with Crippen LogP contribution in [-0.4, -0.2) is 15.5 Å². The fourth-order valence-electron chi connectivity index (χ4n) is 1.40. The quantitative estimate of drug-likeness (QED) is 0.805. The SMILES string of the molecule is CC(=O)Nc1ccccc1-n1ccnc1. The molecule has 1 amide bonds. The lowest BCUT2D eigenvalue weighted by molar-refractivity contribution is -0.114. The van der Waals surface area contributed by atoms with Gasteiger partial charge in [0.05, 0.1) is 17.7 Å². The highest BCUT2D eigenvalue weighted by Gasteiger charge is 2.03. The molecule has 76 valence electrons. The Morgan fingerprint density at radius 1 is 1.40 bits per heavy atom. The molecule has 0 fully saturated rings. The molecule has 0 saturated carbocycles. The molecular weight excluding hydrogens is 190 g/mol. The van der Waals surface area contributed by atoms with Gasteiger partial charge in [-0.1, -0.05) is 12.1 Å². The second-order valence-electron chi connectivity index (χ2n) is 3.17. The Hall–Kier alpha value is -2.10. The molecule has 0 atom stereocenters. The maximum Gasteiger partial charge on any atom is 0.221 e. The monoisotopic (exact) mass is 201 g/mol. The van der Waals surface area contributed by atoms with Crippen molar-refractivity contribution in [3.63, 3.8) is 0 Å². The number of anilines is 1. The lowest BCUT2D eigenvalue weighted by Crippen LogP contribution is -2.08. The molecule has 0 aliphatic rings. The van der Waals surface area contributed by atoms with Crippen molar-refractivity contribution in [2.24, 2.45) is 0 Å². The van der Waals surface area contributed by atoms with Gasteiger partial charge in [0.15, 0.2) is 0 Å². The summed E-state index contributed by atoms with van der Waals surface area (Å²) in [7, 11) is 0. The minimum atomic E-state index is -0.0810. The maximum atomic E-state index is 11.0. The standard InChI is InChI=1S/C11H11N3O/c1-9(15)13-10-4-2-3-5-11(10)14-7-6-12-8-14/h2-8H,1H3,(H,13,15). The van der Waals surface area contributed by atoms with Gasteiger partial charge in [-0.15, -0.1) is 0 Å². The predicted octanol–water partition coefficient (Wildman–Crippen LogP) is 1.83. The summed E-state index contributed by atoms with van der Waals surface area (Å²) >= 11 is 0. The molecule has 0 bridgehead atoms. The van der Waals surface area contributed by atoms with Gasteiger partial charge >= 0.3 is 0 Å². The van der Waals surface area contributed by atoms with E-state index in [1.54, 1.807) is 12.5 Å². The molecule has 1 heterocycles. The van der Waals surface area contributed by atoms with Crippen LogP contribution in [0.3, 0.4) is 0 Å². The largest absolute Gasteiger partial charge is 0.325 e. The second-order valence-corrected chi connectivity index (χ2v) is 3.17. The second kappa shape index (κ2) is 3.96. The van der Waals surface area contributed by atoms with E-state index in [2.05, 4.69) is 10.3 Å². The molecule has 2 aromatic rings. The average molecular weight is 201 g/mol. The summed E-state index contributed by atoms with van der Waals surface area (Å²) in [6.07, 6.45) is 5.23. The van der Waals surface area contributed by atoms with E-state index < -0.39 is 0 Å². The molecule has 4 heteroatoms. The Bertz CT molecular complexity index is 462. The minimum absolute atomic E-state index is 0.0810. The van der Waals surface area contributed by atoms with Crippen molar-refractivity contribution in [3.8, 4) is 5.69 Å². The molecular formula is C11H11N3O. The fourth-order valence-corrected chi connectivity index (χ4v) is 1.40. The first kappa shape index (κ1) is 9.45. The summed E-state index contributed by atoms with van der Waals surface area (Å²) in [6.45, 7) is 1.49. The number of rotatable bonds is 2. The van der Waals surface area contributed by atoms with E-state index >= 15 is 0 Å². The van der Waals surface area contributed by atoms with Crippen LogP contribution in [-0.2, 0) is 4.79 Å². The Morgan fingerprint density at radius 2 is 2.20 bits per heavy atom. The number of hydrogen-bond donors (Lipinski definition) is 1. The minimum Gasteiger partial charge on any atom is -0.325 e. The van der Waals surface area contributed by atoms with E-state index in [-0.39, 0.29) is 5.91 Å². The van der Waals surface area contributed by atoms with Crippen LogP contribution in [0, 0.1) is 0 Å². The molecule has 0 aliphatic carbocycles. The van der Waals surface area contributed by atoms with Gasteiger partial charge in [0, 0.05) is 19.3 Å². The number of nitrogens with zero attached hydrogens (tertiary/aromatic N) is 2. The lowest BCUT2D eigenvalue weighted by atomic mass is 10.2. The lowest BCUT2D eigenvalue weighted by Gasteiger charge is -2.09. The molecule has 0 spiro atoms. The van der Waals surface area contributed by atoms with E-state index in [9.17, 15) is 4.79 Å². The molecule has 0 unspecified atom stereocenters. The molecule has 15 heavy (non-hydrogen) atoms. The van der Waals surface area contributed by atoms with Crippen LogP contribution in [0.1, 0.15) is 6.92 Å². The number of benzene rings is 1. The Kier molecular flexibility index (Phi) is 2.49. The van der Waals surface area contributed by atoms with Crippen molar-refractivity contribution < 1.29 is 4.79 Å². The van der Waals surface area contributed by atoms with Gasteiger partial charge in [-0.25, -0.2) is 4.98 Å². The van der Waals surface area contributed by atoms with Gasteiger partial charge in [-0.05, 0) is 12.1 Å². The molecule has 2 rings (SSSR count). The van der Waals surface area contributed by atoms with Gasteiger partial charge in [0.2, 0.25) is 5.91 Å². The third kappa shape index (κ3) is 2.04. The van der Waals surface area contributed by atoms with Crippen LogP contribution in [0.25, 0.3) is 5.69 Å². The smallest absolute Gasteiger partial charge is 0.221 e. The van der Waals surface area contributed by atoms with Crippen LogP contribution < -0.4 is 5.32 Å². The molecule has 0 radical (unpaired) electrons. The van der Waals surface area contributed by atoms with Gasteiger partial charge in [0.1, 0.15) is 0 Å². The summed E-state index contributed by atoms with van der Waals surface area (Å²) in [5.41, 5.74) is 1.69. The number of para-hydroxylation sites is 2. The number of nitrogens with one attached hydrogen (secondary N) is 1. The highest BCUT2D eigenvalue weighted by Crippen LogP contribution is 2.19. The number of carbonyl (C=O) groups is 1. The first-order valence-electron chi connectivity index (χ1n) is 4.62. The number of amides is 1. The first-order chi connectivity index (χ1) is 7.27. The van der Waals surface area contributed by atoms with Crippen LogP contribution in [0.2, 0.25) is 0 Å². The van der Waals surface area contributed by atoms with Gasteiger partial charge in [-0.2, -0.15) is 0 Å². The van der Waals surface area contributed by atoms with Crippen LogP contribution >= 0.6 is 0 Å². The van der Waals surface area contributed by atoms with Crippen molar-refractivity contribution in [2.45, 2.75) is 6.92 Å². The number of aromatic nitrogens is 2. The van der Waals surface area contributed by atoms with Crippen molar-refractivity contribution in [2.75, 3.05) is 5.32 Å². The Balaban J connectivity index is 2.42. The third-order valence-corrected chi connectivity index (χ3v) is 2.00. The molecule has 1 aromatic carbocycles. The first-order valence-corrected chi connectivity index (χ1v) is 4.62. The van der Waals surface area contributed by atoms with Crippen LogP contribution in [0.15, 0.2) is 43.0 Å². The van der Waals surface area contributed by atoms with Crippen molar-refractivity contribution >= 4 is 11.6 Å². The van der Waals surface area contributed by atoms with E-state index in [1.807, 2.05) is 35.0 Å². The zero-order valence-corrected chi connectivity index (χ0v) is 8.34. The van der Waals surface area contributed by atoms with Crippen molar-refractivity contribution in [3.05, 3.63) is 43.0 Å². The summed E-state index contributed by atoms with van der Waals surface area (Å²) < 4.78 is 1.85. The number of hydrogen-bond acceptors (Lipinski definition) is 2. The highest BCUT2D eigenvalue weighted by atomic mass is 16.1. The van der Waals surface area contributed by atoms with Gasteiger partial charge in [0.25, 0.3) is 0 Å². The van der Waals surface area contributed by atoms with Crippen LogP contribution in [0.4, 0.5) is 5.69 Å². The summed E-state index contributed by atoms with van der Waals surface area (Å²) in [5, 5.41) is 2.77. The predicted molar refractivity (Wildman–Crippen MR) is 57.9 cm³/mol. The molecule has 0 aliphatic heterocycles. The molecule has 1 aromatic heterocycles. The summed E-state index contributed by atoms with van der Waals surface area (Å²) in [6, 6.07) is 7.58. The summed E-state index contributed by atoms with van der Waals surface area (Å²) in [4.78, 5) is 15.0. The Labute approximate surface area is 87.6 Å². The fraction of sp³-hybridized carbons (Fsp3) is 0.0909. The third-order valence-electron chi connectivity index (χ3n) is 2.00. The van der Waals surface area contributed by atoms with Crippen molar-refractivity contribution in [1.82, 2.24) is 9.55 Å². The van der Waals surface area contributed by atoms with Gasteiger partial charge < -0.3 is 9.88 Å². The van der Waals surface area contributed by atoms with E-state index in [0.29, 0.717) is 0 Å². The number of carbonyl (C=O) groups excluding carboxylic acids is 1. The topological polar surface area (TPSA) is 46.9 Å². The average Bonchev–Trinajstić information content (AvgIpc) is 2.70. The van der Waals surface area contributed by atoms with E-state index in [0.717, 1.165) is 11.4 Å². The summed E-state index contributed by atoms with van der Waals surface area (Å²) in [5.74, 6) is -0.0810. The molecule has 4 nitrogen and oxygen atoms in total. The molecule has 1 N–H and O–H groups in total. The zero-order valence-electron chi connectivity index (χ0n) is 8.34. The highest BCUT2D eigenvalue weighted by molar-refractivity contribution is 5.90. The maximum absolute atomic E-state index is 11.0.